The Morgan fingerprint density at radius 3 is 2.25 bits per heavy atom. The van der Waals surface area contributed by atoms with Crippen molar-refractivity contribution in [3.05, 3.63) is 59.2 Å². The van der Waals surface area contributed by atoms with E-state index >= 15 is 0 Å². The van der Waals surface area contributed by atoms with Crippen molar-refractivity contribution >= 4 is 23.7 Å². The van der Waals surface area contributed by atoms with E-state index in [1.165, 1.54) is 10.5 Å². The lowest BCUT2D eigenvalue weighted by atomic mass is 9.76. The molecule has 148 valence electrons. The van der Waals surface area contributed by atoms with Gasteiger partial charge in [-0.05, 0) is 66.8 Å². The summed E-state index contributed by atoms with van der Waals surface area (Å²) in [4.78, 5) is 25.6. The van der Waals surface area contributed by atoms with Crippen LogP contribution >= 0.6 is 11.8 Å². The summed E-state index contributed by atoms with van der Waals surface area (Å²) >= 11 is 1.85. The summed E-state index contributed by atoms with van der Waals surface area (Å²) in [5, 5.41) is 0. The van der Waals surface area contributed by atoms with Gasteiger partial charge in [0.25, 0.3) is 0 Å². The third-order valence-corrected chi connectivity index (χ3v) is 6.05. The standard InChI is InChI=1S/C23H26O4S/c1-6-26-20(24)15-7-10-17(11-8-15)27-21(25)16-9-12-19-18(13-16)22(2,3)14-23(4,5)28-19/h7-13H,6,14H2,1-5H3. The van der Waals surface area contributed by atoms with Crippen LogP contribution in [0.2, 0.25) is 0 Å². The lowest BCUT2D eigenvalue weighted by Gasteiger charge is -2.41. The first-order valence-corrected chi connectivity index (χ1v) is 10.3. The van der Waals surface area contributed by atoms with Gasteiger partial charge in [0.05, 0.1) is 17.7 Å². The molecule has 0 fully saturated rings. The summed E-state index contributed by atoms with van der Waals surface area (Å²) in [5.74, 6) is -0.402. The van der Waals surface area contributed by atoms with Crippen molar-refractivity contribution in [2.75, 3.05) is 6.61 Å². The number of hydrogen-bond acceptors (Lipinski definition) is 5. The average molecular weight is 399 g/mol. The van der Waals surface area contributed by atoms with Crippen molar-refractivity contribution in [3.8, 4) is 5.75 Å². The molecule has 0 aliphatic carbocycles. The van der Waals surface area contributed by atoms with Gasteiger partial charge < -0.3 is 9.47 Å². The highest BCUT2D eigenvalue weighted by atomic mass is 32.2. The Balaban J connectivity index is 1.78. The van der Waals surface area contributed by atoms with Gasteiger partial charge in [0.15, 0.2) is 0 Å². The van der Waals surface area contributed by atoms with Gasteiger partial charge >= 0.3 is 11.9 Å². The van der Waals surface area contributed by atoms with Crippen LogP contribution in [0.3, 0.4) is 0 Å². The lowest BCUT2D eigenvalue weighted by molar-refractivity contribution is 0.0526. The fraction of sp³-hybridized carbons (Fsp3) is 0.391. The second-order valence-electron chi connectivity index (χ2n) is 8.27. The van der Waals surface area contributed by atoms with E-state index in [4.69, 9.17) is 9.47 Å². The molecule has 0 aromatic heterocycles. The number of carbonyl (C=O) groups excluding carboxylic acids is 2. The number of hydrogen-bond donors (Lipinski definition) is 0. The maximum absolute atomic E-state index is 12.6. The predicted octanol–water partition coefficient (Wildman–Crippen LogP) is 5.63. The molecule has 0 bridgehead atoms. The molecule has 0 saturated heterocycles. The fourth-order valence-corrected chi connectivity index (χ4v) is 5.42. The van der Waals surface area contributed by atoms with Crippen molar-refractivity contribution in [1.82, 2.24) is 0 Å². The Morgan fingerprint density at radius 1 is 0.964 bits per heavy atom. The molecule has 4 nitrogen and oxygen atoms in total. The van der Waals surface area contributed by atoms with Gasteiger partial charge in [0, 0.05) is 9.64 Å². The quantitative estimate of drug-likeness (QED) is 0.493. The van der Waals surface area contributed by atoms with E-state index in [-0.39, 0.29) is 10.2 Å². The zero-order valence-corrected chi connectivity index (χ0v) is 17.8. The molecular formula is C23H26O4S. The number of esters is 2. The zero-order chi connectivity index (χ0) is 20.5. The molecule has 0 atom stereocenters. The van der Waals surface area contributed by atoms with Crippen LogP contribution in [-0.2, 0) is 10.2 Å². The van der Waals surface area contributed by atoms with Crippen LogP contribution < -0.4 is 4.74 Å². The smallest absolute Gasteiger partial charge is 0.343 e. The minimum atomic E-state index is -0.405. The highest BCUT2D eigenvalue weighted by Crippen LogP contribution is 2.51. The molecule has 0 spiro atoms. The largest absolute Gasteiger partial charge is 0.462 e. The van der Waals surface area contributed by atoms with Crippen molar-refractivity contribution in [2.24, 2.45) is 0 Å². The minimum absolute atomic E-state index is 0.0122. The third kappa shape index (κ3) is 4.41. The van der Waals surface area contributed by atoms with E-state index in [1.54, 1.807) is 31.2 Å². The lowest BCUT2D eigenvalue weighted by Crippen LogP contribution is -2.33. The molecule has 2 aromatic rings. The van der Waals surface area contributed by atoms with Gasteiger partial charge in [0.1, 0.15) is 5.75 Å². The van der Waals surface area contributed by atoms with Gasteiger partial charge in [-0.2, -0.15) is 0 Å². The highest BCUT2D eigenvalue weighted by molar-refractivity contribution is 8.00. The first kappa shape index (κ1) is 20.5. The Labute approximate surface area is 170 Å². The molecule has 2 aromatic carbocycles. The number of benzene rings is 2. The molecule has 0 unspecified atom stereocenters. The third-order valence-electron chi connectivity index (χ3n) is 4.77. The summed E-state index contributed by atoms with van der Waals surface area (Å²) in [6, 6.07) is 12.2. The zero-order valence-electron chi connectivity index (χ0n) is 17.0. The van der Waals surface area contributed by atoms with Crippen LogP contribution in [0.15, 0.2) is 47.4 Å². The van der Waals surface area contributed by atoms with Crippen LogP contribution in [0, 0.1) is 0 Å². The van der Waals surface area contributed by atoms with Crippen LogP contribution in [0.5, 0.6) is 5.75 Å². The SMILES string of the molecule is CCOC(=O)c1ccc(OC(=O)c2ccc3c(c2)C(C)(C)CC(C)(C)S3)cc1. The molecule has 1 heterocycles. The van der Waals surface area contributed by atoms with Crippen molar-refractivity contribution in [2.45, 2.75) is 56.1 Å². The number of rotatable bonds is 4. The highest BCUT2D eigenvalue weighted by Gasteiger charge is 2.38. The number of carbonyl (C=O) groups is 2. The molecule has 0 saturated carbocycles. The van der Waals surface area contributed by atoms with Crippen LogP contribution in [0.4, 0.5) is 0 Å². The molecule has 0 N–H and O–H groups in total. The fourth-order valence-electron chi connectivity index (χ4n) is 3.81. The normalized spacial score (nSPS) is 16.8. The number of thioether (sulfide) groups is 1. The Morgan fingerprint density at radius 2 is 1.61 bits per heavy atom. The topological polar surface area (TPSA) is 52.6 Å². The Bertz CT molecular complexity index is 897. The first-order valence-electron chi connectivity index (χ1n) is 9.44. The maximum Gasteiger partial charge on any atom is 0.343 e. The van der Waals surface area contributed by atoms with Crippen molar-refractivity contribution < 1.29 is 19.1 Å². The van der Waals surface area contributed by atoms with Gasteiger partial charge in [0.2, 0.25) is 0 Å². The van der Waals surface area contributed by atoms with Gasteiger partial charge in [-0.3, -0.25) is 0 Å². The van der Waals surface area contributed by atoms with E-state index in [2.05, 4.69) is 27.7 Å². The van der Waals surface area contributed by atoms with Crippen LogP contribution in [0.25, 0.3) is 0 Å². The van der Waals surface area contributed by atoms with Crippen molar-refractivity contribution in [1.29, 1.82) is 0 Å². The molecular weight excluding hydrogens is 372 g/mol. The van der Waals surface area contributed by atoms with Crippen LogP contribution in [-0.4, -0.2) is 23.3 Å². The average Bonchev–Trinajstić information content (AvgIpc) is 2.60. The van der Waals surface area contributed by atoms with E-state index in [0.717, 1.165) is 6.42 Å². The molecule has 1 aliphatic rings. The second kappa shape index (κ2) is 7.63. The van der Waals surface area contributed by atoms with E-state index in [1.807, 2.05) is 30.0 Å². The molecule has 3 rings (SSSR count). The first-order chi connectivity index (χ1) is 13.1. The summed E-state index contributed by atoms with van der Waals surface area (Å²) < 4.78 is 10.6. The number of ether oxygens (including phenoxy) is 2. The van der Waals surface area contributed by atoms with Gasteiger partial charge in [-0.15, -0.1) is 11.8 Å². The Hall–Kier alpha value is -2.27. The molecule has 0 radical (unpaired) electrons. The summed E-state index contributed by atoms with van der Waals surface area (Å²) in [5.41, 5.74) is 2.13. The van der Waals surface area contributed by atoms with Gasteiger partial charge in [-0.25, -0.2) is 9.59 Å². The molecule has 0 amide bonds. The Kier molecular flexibility index (Phi) is 5.57. The van der Waals surface area contributed by atoms with Crippen LogP contribution in [0.1, 0.15) is 67.3 Å². The molecule has 5 heteroatoms. The predicted molar refractivity (Wildman–Crippen MR) is 111 cm³/mol. The summed E-state index contributed by atoms with van der Waals surface area (Å²) in [7, 11) is 0. The second-order valence-corrected chi connectivity index (χ2v) is 10.0. The maximum atomic E-state index is 12.6. The van der Waals surface area contributed by atoms with Crippen molar-refractivity contribution in [3.63, 3.8) is 0 Å². The minimum Gasteiger partial charge on any atom is -0.462 e. The molecule has 28 heavy (non-hydrogen) atoms. The summed E-state index contributed by atoms with van der Waals surface area (Å²) in [6.45, 7) is 11.0. The summed E-state index contributed by atoms with van der Waals surface area (Å²) in [6.07, 6.45) is 1.03. The monoisotopic (exact) mass is 398 g/mol. The molecule has 1 aliphatic heterocycles. The van der Waals surface area contributed by atoms with E-state index in [9.17, 15) is 9.59 Å². The van der Waals surface area contributed by atoms with E-state index in [0.29, 0.717) is 23.5 Å². The van der Waals surface area contributed by atoms with E-state index < -0.39 is 11.9 Å². The van der Waals surface area contributed by atoms with Gasteiger partial charge in [-0.1, -0.05) is 27.7 Å². The number of fused-ring (bicyclic) bond motifs is 1.